The Labute approximate surface area is 161 Å². The number of amides is 1. The lowest BCUT2D eigenvalue weighted by molar-refractivity contribution is -0.137. The fourth-order valence-corrected chi connectivity index (χ4v) is 3.62. The maximum absolute atomic E-state index is 12.8. The number of anilines is 1. The molecule has 0 aromatic heterocycles. The first-order chi connectivity index (χ1) is 13.4. The summed E-state index contributed by atoms with van der Waals surface area (Å²) in [5, 5.41) is 2.91. The molecular weight excluding hydrogens is 363 g/mol. The van der Waals surface area contributed by atoms with E-state index in [1.807, 2.05) is 18.2 Å². The van der Waals surface area contributed by atoms with Gasteiger partial charge in [-0.1, -0.05) is 36.4 Å². The van der Waals surface area contributed by atoms with Crippen molar-refractivity contribution >= 4 is 11.6 Å². The number of carbonyl (C=O) groups is 1. The van der Waals surface area contributed by atoms with Crippen LogP contribution < -0.4 is 5.32 Å². The van der Waals surface area contributed by atoms with Gasteiger partial charge in [0, 0.05) is 11.3 Å². The van der Waals surface area contributed by atoms with Crippen molar-refractivity contribution in [2.75, 3.05) is 5.32 Å². The number of aryl methyl sites for hydroxylation is 2. The molecule has 0 fully saturated rings. The second-order valence-electron chi connectivity index (χ2n) is 6.91. The molecule has 2 nitrogen and oxygen atoms in total. The summed E-state index contributed by atoms with van der Waals surface area (Å²) >= 11 is 0. The van der Waals surface area contributed by atoms with Crippen LogP contribution in [0.3, 0.4) is 0 Å². The van der Waals surface area contributed by atoms with E-state index < -0.39 is 11.7 Å². The van der Waals surface area contributed by atoms with E-state index in [-0.39, 0.29) is 5.91 Å². The molecule has 1 aliphatic rings. The quantitative estimate of drug-likeness (QED) is 0.582. The van der Waals surface area contributed by atoms with Crippen LogP contribution in [0.4, 0.5) is 18.9 Å². The van der Waals surface area contributed by atoms with Crippen LogP contribution >= 0.6 is 0 Å². The molecule has 142 valence electrons. The summed E-state index contributed by atoms with van der Waals surface area (Å²) in [5.41, 5.74) is 4.17. The van der Waals surface area contributed by atoms with Crippen LogP contribution in [-0.4, -0.2) is 5.91 Å². The van der Waals surface area contributed by atoms with Gasteiger partial charge in [0.05, 0.1) is 5.56 Å². The number of hydrogen-bond donors (Lipinski definition) is 1. The number of rotatable bonds is 3. The lowest BCUT2D eigenvalue weighted by atomic mass is 9.98. The van der Waals surface area contributed by atoms with Gasteiger partial charge in [-0.25, -0.2) is 0 Å². The van der Waals surface area contributed by atoms with Gasteiger partial charge in [-0.2, -0.15) is 13.2 Å². The molecule has 0 bridgehead atoms. The van der Waals surface area contributed by atoms with Gasteiger partial charge in [0.2, 0.25) is 0 Å². The van der Waals surface area contributed by atoms with E-state index in [9.17, 15) is 18.0 Å². The number of halogens is 3. The molecule has 1 aliphatic carbocycles. The first kappa shape index (κ1) is 18.3. The highest BCUT2D eigenvalue weighted by atomic mass is 19.4. The summed E-state index contributed by atoms with van der Waals surface area (Å²) in [4.78, 5) is 12.8. The number of carbonyl (C=O) groups excluding carboxylic acids is 1. The molecule has 1 N–H and O–H groups in total. The van der Waals surface area contributed by atoms with Gasteiger partial charge in [-0.15, -0.1) is 0 Å². The van der Waals surface area contributed by atoms with Gasteiger partial charge < -0.3 is 5.32 Å². The molecule has 3 aromatic rings. The number of alkyl halides is 3. The van der Waals surface area contributed by atoms with Gasteiger partial charge in [0.1, 0.15) is 0 Å². The fourth-order valence-electron chi connectivity index (χ4n) is 3.62. The lowest BCUT2D eigenvalue weighted by Crippen LogP contribution is -2.13. The zero-order valence-electron chi connectivity index (χ0n) is 15.0. The Morgan fingerprint density at radius 3 is 2.32 bits per heavy atom. The van der Waals surface area contributed by atoms with Crippen molar-refractivity contribution in [3.05, 3.63) is 89.0 Å². The van der Waals surface area contributed by atoms with E-state index in [4.69, 9.17) is 0 Å². The van der Waals surface area contributed by atoms with Crippen LogP contribution in [0.15, 0.2) is 66.7 Å². The molecule has 4 rings (SSSR count). The Morgan fingerprint density at radius 1 is 0.857 bits per heavy atom. The Morgan fingerprint density at radius 2 is 1.57 bits per heavy atom. The third-order valence-corrected chi connectivity index (χ3v) is 5.05. The smallest absolute Gasteiger partial charge is 0.322 e. The number of hydrogen-bond acceptors (Lipinski definition) is 1. The average Bonchev–Trinajstić information content (AvgIpc) is 3.15. The van der Waals surface area contributed by atoms with E-state index in [2.05, 4.69) is 5.32 Å². The Bertz CT molecular complexity index is 1020. The van der Waals surface area contributed by atoms with Crippen molar-refractivity contribution in [3.8, 4) is 11.1 Å². The van der Waals surface area contributed by atoms with Gasteiger partial charge in [-0.05, 0) is 71.8 Å². The molecule has 0 heterocycles. The highest BCUT2D eigenvalue weighted by Crippen LogP contribution is 2.32. The predicted octanol–water partition coefficient (Wildman–Crippen LogP) is 6.11. The molecule has 0 atom stereocenters. The maximum Gasteiger partial charge on any atom is 0.416 e. The van der Waals surface area contributed by atoms with E-state index in [0.717, 1.165) is 37.1 Å². The third-order valence-electron chi connectivity index (χ3n) is 5.05. The van der Waals surface area contributed by atoms with Crippen molar-refractivity contribution in [3.63, 3.8) is 0 Å². The van der Waals surface area contributed by atoms with Crippen LogP contribution in [0, 0.1) is 0 Å². The van der Waals surface area contributed by atoms with E-state index in [0.29, 0.717) is 16.7 Å². The third kappa shape index (κ3) is 3.65. The molecular formula is C23H18F3NO. The van der Waals surface area contributed by atoms with Gasteiger partial charge in [-0.3, -0.25) is 4.79 Å². The molecule has 0 aliphatic heterocycles. The highest BCUT2D eigenvalue weighted by Gasteiger charge is 2.30. The molecule has 0 saturated carbocycles. The minimum absolute atomic E-state index is 0.284. The van der Waals surface area contributed by atoms with Crippen molar-refractivity contribution in [2.45, 2.75) is 25.4 Å². The average molecular weight is 381 g/mol. The molecule has 0 unspecified atom stereocenters. The SMILES string of the molecule is O=C(Nc1ccc2c(c1)CCC2)c1ccccc1-c1ccc(C(F)(F)F)cc1. The van der Waals surface area contributed by atoms with Crippen molar-refractivity contribution < 1.29 is 18.0 Å². The van der Waals surface area contributed by atoms with Crippen LogP contribution in [0.25, 0.3) is 11.1 Å². The summed E-state index contributed by atoms with van der Waals surface area (Å²) in [7, 11) is 0. The summed E-state index contributed by atoms with van der Waals surface area (Å²) in [6.45, 7) is 0. The molecule has 28 heavy (non-hydrogen) atoms. The normalized spacial score (nSPS) is 13.2. The molecule has 0 saturated heterocycles. The fraction of sp³-hybridized carbons (Fsp3) is 0.174. The van der Waals surface area contributed by atoms with Crippen LogP contribution in [0.2, 0.25) is 0 Å². The monoisotopic (exact) mass is 381 g/mol. The van der Waals surface area contributed by atoms with Gasteiger partial charge in [0.15, 0.2) is 0 Å². The zero-order valence-corrected chi connectivity index (χ0v) is 15.0. The molecule has 1 amide bonds. The maximum atomic E-state index is 12.8. The van der Waals surface area contributed by atoms with E-state index in [1.165, 1.54) is 23.3 Å². The second-order valence-corrected chi connectivity index (χ2v) is 6.91. The first-order valence-electron chi connectivity index (χ1n) is 9.11. The summed E-state index contributed by atoms with van der Waals surface area (Å²) in [6, 6.07) is 17.7. The second kappa shape index (κ2) is 7.15. The molecule has 0 radical (unpaired) electrons. The molecule has 5 heteroatoms. The van der Waals surface area contributed by atoms with Crippen LogP contribution in [0.5, 0.6) is 0 Å². The summed E-state index contributed by atoms with van der Waals surface area (Å²) < 4.78 is 38.4. The number of fused-ring (bicyclic) bond motifs is 1. The Kier molecular flexibility index (Phi) is 4.67. The van der Waals surface area contributed by atoms with Crippen molar-refractivity contribution in [1.29, 1.82) is 0 Å². The van der Waals surface area contributed by atoms with Crippen molar-refractivity contribution in [2.24, 2.45) is 0 Å². The first-order valence-corrected chi connectivity index (χ1v) is 9.11. The Balaban J connectivity index is 1.61. The highest BCUT2D eigenvalue weighted by molar-refractivity contribution is 6.08. The lowest BCUT2D eigenvalue weighted by Gasteiger charge is -2.12. The largest absolute Gasteiger partial charge is 0.416 e. The van der Waals surface area contributed by atoms with Gasteiger partial charge in [0.25, 0.3) is 5.91 Å². The Hall–Kier alpha value is -3.08. The van der Waals surface area contributed by atoms with Gasteiger partial charge >= 0.3 is 6.18 Å². The number of benzene rings is 3. The zero-order chi connectivity index (χ0) is 19.7. The minimum atomic E-state index is -4.39. The van der Waals surface area contributed by atoms with E-state index in [1.54, 1.807) is 24.3 Å². The van der Waals surface area contributed by atoms with Crippen molar-refractivity contribution in [1.82, 2.24) is 0 Å². The van der Waals surface area contributed by atoms with Crippen LogP contribution in [0.1, 0.15) is 33.5 Å². The topological polar surface area (TPSA) is 29.1 Å². The predicted molar refractivity (Wildman–Crippen MR) is 103 cm³/mol. The molecule has 3 aromatic carbocycles. The number of nitrogens with one attached hydrogen (secondary N) is 1. The standard InChI is InChI=1S/C23H18F3NO/c24-23(25,26)18-11-8-16(9-12-18)20-6-1-2-7-21(20)22(28)27-19-13-10-15-4-3-5-17(15)14-19/h1-2,6-14H,3-5H2,(H,27,28). The van der Waals surface area contributed by atoms with E-state index >= 15 is 0 Å². The minimum Gasteiger partial charge on any atom is -0.322 e. The molecule has 0 spiro atoms. The summed E-state index contributed by atoms with van der Waals surface area (Å²) in [6.07, 6.45) is -1.17. The van der Waals surface area contributed by atoms with Crippen LogP contribution in [-0.2, 0) is 19.0 Å². The summed E-state index contributed by atoms with van der Waals surface area (Å²) in [5.74, 6) is -0.284.